The maximum absolute atomic E-state index is 14.0. The predicted octanol–water partition coefficient (Wildman–Crippen LogP) is 2.97. The average molecular weight is 575 g/mol. The number of nitrogen functional groups attached to an aromatic ring is 1. The number of nitrogens with one attached hydrogen (secondary N) is 4. The number of carbonyl (C=O) groups is 3. The molecule has 2 aromatic rings. The van der Waals surface area contributed by atoms with Gasteiger partial charge >= 0.3 is 0 Å². The summed E-state index contributed by atoms with van der Waals surface area (Å²) in [5, 5.41) is 17.2. The van der Waals surface area contributed by atoms with E-state index in [1.165, 1.54) is 0 Å². The molecule has 2 fully saturated rings. The number of hydrogen-bond acceptors (Lipinski definition) is 5. The zero-order valence-electron chi connectivity index (χ0n) is 24.7. The molecule has 2 atom stereocenters. The predicted molar refractivity (Wildman–Crippen MR) is 165 cm³/mol. The van der Waals surface area contributed by atoms with Crippen LogP contribution in [0.2, 0.25) is 0 Å². The molecule has 9 heteroatoms. The van der Waals surface area contributed by atoms with Gasteiger partial charge in [0.05, 0.1) is 0 Å². The van der Waals surface area contributed by atoms with Gasteiger partial charge < -0.3 is 26.6 Å². The van der Waals surface area contributed by atoms with Crippen LogP contribution in [0, 0.1) is 23.2 Å². The molecule has 9 nitrogen and oxygen atoms in total. The molecular weight excluding hydrogens is 528 g/mol. The first-order chi connectivity index (χ1) is 20.3. The third-order valence-electron chi connectivity index (χ3n) is 8.68. The SMILES string of the molecule is CN(Cc1ccccc1)C(=O)[C@H](Cc1ccc(C(=N)N)cc1)C(=O)N[C@H](C(=O)NCC1CCNCC1)C1CCCCC1. The van der Waals surface area contributed by atoms with Gasteiger partial charge in [-0.2, -0.15) is 0 Å². The Morgan fingerprint density at radius 1 is 0.929 bits per heavy atom. The van der Waals surface area contributed by atoms with E-state index in [2.05, 4.69) is 16.0 Å². The van der Waals surface area contributed by atoms with Gasteiger partial charge in [0.15, 0.2) is 0 Å². The smallest absolute Gasteiger partial charge is 0.242 e. The van der Waals surface area contributed by atoms with Gasteiger partial charge in [0.25, 0.3) is 0 Å². The Bertz CT molecular complexity index is 1190. The number of amidine groups is 1. The van der Waals surface area contributed by atoms with E-state index in [9.17, 15) is 14.4 Å². The van der Waals surface area contributed by atoms with Gasteiger partial charge in [-0.3, -0.25) is 19.8 Å². The largest absolute Gasteiger partial charge is 0.384 e. The Morgan fingerprint density at radius 2 is 1.60 bits per heavy atom. The first-order valence-corrected chi connectivity index (χ1v) is 15.3. The minimum Gasteiger partial charge on any atom is -0.384 e. The van der Waals surface area contributed by atoms with Crippen LogP contribution in [0.3, 0.4) is 0 Å². The van der Waals surface area contributed by atoms with Gasteiger partial charge in [-0.05, 0) is 68.2 Å². The molecule has 1 saturated heterocycles. The number of nitrogens with two attached hydrogens (primary N) is 1. The topological polar surface area (TPSA) is 140 Å². The summed E-state index contributed by atoms with van der Waals surface area (Å²) in [5.41, 5.74) is 7.95. The normalized spacial score (nSPS) is 17.5. The van der Waals surface area contributed by atoms with Crippen molar-refractivity contribution in [1.82, 2.24) is 20.9 Å². The van der Waals surface area contributed by atoms with Gasteiger partial charge in [0.1, 0.15) is 17.8 Å². The highest BCUT2D eigenvalue weighted by molar-refractivity contribution is 6.02. The number of carbonyl (C=O) groups excluding carboxylic acids is 3. The Kier molecular flexibility index (Phi) is 11.5. The van der Waals surface area contributed by atoms with Crippen molar-refractivity contribution in [2.24, 2.45) is 23.5 Å². The molecule has 0 bridgehead atoms. The molecule has 1 saturated carbocycles. The van der Waals surface area contributed by atoms with Crippen LogP contribution in [-0.2, 0) is 27.3 Å². The second-order valence-corrected chi connectivity index (χ2v) is 11.9. The lowest BCUT2D eigenvalue weighted by Crippen LogP contribution is -2.55. The Hall–Kier alpha value is -3.72. The fourth-order valence-corrected chi connectivity index (χ4v) is 6.11. The summed E-state index contributed by atoms with van der Waals surface area (Å²) in [6, 6.07) is 16.0. The van der Waals surface area contributed by atoms with Crippen LogP contribution >= 0.6 is 0 Å². The Balaban J connectivity index is 1.53. The molecule has 1 aliphatic heterocycles. The van der Waals surface area contributed by atoms with Crippen LogP contribution in [0.5, 0.6) is 0 Å². The number of nitrogens with zero attached hydrogens (tertiary/aromatic N) is 1. The molecule has 0 unspecified atom stereocenters. The molecule has 2 aromatic carbocycles. The van der Waals surface area contributed by atoms with Crippen LogP contribution in [0.15, 0.2) is 54.6 Å². The summed E-state index contributed by atoms with van der Waals surface area (Å²) in [7, 11) is 1.71. The van der Waals surface area contributed by atoms with Crippen LogP contribution in [0.1, 0.15) is 61.6 Å². The molecule has 226 valence electrons. The molecule has 3 amide bonds. The highest BCUT2D eigenvalue weighted by atomic mass is 16.2. The summed E-state index contributed by atoms with van der Waals surface area (Å²) in [5.74, 6) is -1.46. The first-order valence-electron chi connectivity index (χ1n) is 15.3. The minimum absolute atomic E-state index is 0.0414. The van der Waals surface area contributed by atoms with Gasteiger partial charge in [-0.1, -0.05) is 73.9 Å². The van der Waals surface area contributed by atoms with Crippen molar-refractivity contribution in [2.75, 3.05) is 26.7 Å². The molecule has 1 aliphatic carbocycles. The van der Waals surface area contributed by atoms with Gasteiger partial charge in [-0.25, -0.2) is 0 Å². The van der Waals surface area contributed by atoms with E-state index in [1.807, 2.05) is 30.3 Å². The van der Waals surface area contributed by atoms with Crippen molar-refractivity contribution in [3.63, 3.8) is 0 Å². The van der Waals surface area contributed by atoms with Crippen molar-refractivity contribution in [3.8, 4) is 0 Å². The van der Waals surface area contributed by atoms with E-state index in [-0.39, 0.29) is 30.0 Å². The lowest BCUT2D eigenvalue weighted by Gasteiger charge is -2.32. The van der Waals surface area contributed by atoms with Gasteiger partial charge in [0, 0.05) is 25.7 Å². The second kappa shape index (κ2) is 15.5. The number of rotatable bonds is 12. The van der Waals surface area contributed by atoms with Crippen molar-refractivity contribution in [3.05, 3.63) is 71.3 Å². The van der Waals surface area contributed by atoms with Crippen LogP contribution in [0.4, 0.5) is 0 Å². The van der Waals surface area contributed by atoms with Crippen molar-refractivity contribution < 1.29 is 14.4 Å². The van der Waals surface area contributed by atoms with Crippen molar-refractivity contribution in [2.45, 2.75) is 64.0 Å². The van der Waals surface area contributed by atoms with Crippen LogP contribution in [-0.4, -0.2) is 61.2 Å². The Morgan fingerprint density at radius 3 is 2.24 bits per heavy atom. The van der Waals surface area contributed by atoms with Crippen LogP contribution in [0.25, 0.3) is 0 Å². The monoisotopic (exact) mass is 574 g/mol. The summed E-state index contributed by atoms with van der Waals surface area (Å²) in [6.07, 6.45) is 7.18. The number of benzene rings is 2. The average Bonchev–Trinajstić information content (AvgIpc) is 3.02. The zero-order valence-corrected chi connectivity index (χ0v) is 24.7. The molecule has 6 N–H and O–H groups in total. The van der Waals surface area contributed by atoms with Gasteiger partial charge in [0.2, 0.25) is 17.7 Å². The maximum atomic E-state index is 14.0. The van der Waals surface area contributed by atoms with Gasteiger partial charge in [-0.15, -0.1) is 0 Å². The lowest BCUT2D eigenvalue weighted by atomic mass is 9.83. The summed E-state index contributed by atoms with van der Waals surface area (Å²) in [6.45, 7) is 2.88. The third-order valence-corrected chi connectivity index (χ3v) is 8.68. The van der Waals surface area contributed by atoms with Crippen molar-refractivity contribution in [1.29, 1.82) is 5.41 Å². The fraction of sp³-hybridized carbons (Fsp3) is 0.515. The molecule has 0 spiro atoms. The van der Waals surface area contributed by atoms with E-state index in [4.69, 9.17) is 11.1 Å². The molecule has 2 aliphatic rings. The zero-order chi connectivity index (χ0) is 29.9. The highest BCUT2D eigenvalue weighted by Crippen LogP contribution is 2.27. The number of hydrogen-bond donors (Lipinski definition) is 5. The van der Waals surface area contributed by atoms with E-state index in [0.717, 1.165) is 69.2 Å². The fourth-order valence-electron chi connectivity index (χ4n) is 6.11. The minimum atomic E-state index is -1.01. The second-order valence-electron chi connectivity index (χ2n) is 11.9. The lowest BCUT2D eigenvalue weighted by molar-refractivity contribution is -0.143. The maximum Gasteiger partial charge on any atom is 0.242 e. The van der Waals surface area contributed by atoms with E-state index < -0.39 is 17.9 Å². The van der Waals surface area contributed by atoms with E-state index in [1.54, 1.807) is 36.2 Å². The summed E-state index contributed by atoms with van der Waals surface area (Å²) < 4.78 is 0. The quantitative estimate of drug-likeness (QED) is 0.151. The molecule has 0 aromatic heterocycles. The molecule has 0 radical (unpaired) electrons. The highest BCUT2D eigenvalue weighted by Gasteiger charge is 2.36. The molecular formula is C33H46N6O3. The summed E-state index contributed by atoms with van der Waals surface area (Å²) >= 11 is 0. The van der Waals surface area contributed by atoms with E-state index in [0.29, 0.717) is 24.6 Å². The number of piperidine rings is 1. The standard InChI is InChI=1S/C33H46N6O3/c1-39(22-25-8-4-2-5-9-25)33(42)28(20-23-12-14-27(15-13-23)30(34)35)31(40)38-29(26-10-6-3-7-11-26)32(41)37-21-24-16-18-36-19-17-24/h2,4-5,8-9,12-15,24,26,28-29,36H,3,6-7,10-11,16-22H2,1H3,(H3,34,35)(H,37,41)(H,38,40)/t28-,29+/m1/s1. The number of amides is 3. The third kappa shape index (κ3) is 8.89. The molecule has 42 heavy (non-hydrogen) atoms. The first kappa shape index (κ1) is 31.2. The summed E-state index contributed by atoms with van der Waals surface area (Å²) in [4.78, 5) is 43.0. The molecule has 4 rings (SSSR count). The molecule has 1 heterocycles. The van der Waals surface area contributed by atoms with Crippen LogP contribution < -0.4 is 21.7 Å². The van der Waals surface area contributed by atoms with Crippen molar-refractivity contribution >= 4 is 23.6 Å². The Labute approximate surface area is 249 Å². The van der Waals surface area contributed by atoms with E-state index >= 15 is 0 Å².